The Morgan fingerprint density at radius 1 is 1.00 bits per heavy atom. The summed E-state index contributed by atoms with van der Waals surface area (Å²) < 4.78 is 0. The van der Waals surface area contributed by atoms with Gasteiger partial charge in [0.15, 0.2) is 0 Å². The van der Waals surface area contributed by atoms with Gasteiger partial charge >= 0.3 is 18.9 Å². The van der Waals surface area contributed by atoms with Gasteiger partial charge in [0.2, 0.25) is 0 Å². The van der Waals surface area contributed by atoms with Gasteiger partial charge in [-0.25, -0.2) is 0 Å². The van der Waals surface area contributed by atoms with Crippen molar-refractivity contribution >= 4 is 42.2 Å². The van der Waals surface area contributed by atoms with Crippen LogP contribution in [0.3, 0.4) is 0 Å². The van der Waals surface area contributed by atoms with Crippen LogP contribution >= 0.6 is 23.3 Å². The maximum atomic E-state index is 3.22. The minimum absolute atomic E-state index is 0. The predicted octanol–water partition coefficient (Wildman–Crippen LogP) is 0.108. The van der Waals surface area contributed by atoms with Crippen LogP contribution in [0.1, 0.15) is 0 Å². The van der Waals surface area contributed by atoms with E-state index in [0.29, 0.717) is 0 Å². The second kappa shape index (κ2) is 33.3. The SMILES string of the molecule is SS.[Fe].[LiH].[Ni]. The molecule has 0 aliphatic carbocycles. The van der Waals surface area contributed by atoms with Crippen LogP contribution in [-0.4, -0.2) is 18.9 Å². The van der Waals surface area contributed by atoms with Gasteiger partial charge in [-0.05, 0) is 0 Å². The van der Waals surface area contributed by atoms with Crippen molar-refractivity contribution in [3.63, 3.8) is 0 Å². The molecular weight excluding hydrogens is 186 g/mol. The van der Waals surface area contributed by atoms with Gasteiger partial charge in [-0.15, -0.1) is 23.3 Å². The van der Waals surface area contributed by atoms with E-state index in [4.69, 9.17) is 0 Å². The van der Waals surface area contributed by atoms with E-state index in [1.54, 1.807) is 0 Å². The molecule has 0 saturated heterocycles. The molecule has 0 aromatic heterocycles. The third-order valence-electron chi connectivity index (χ3n) is 0. The summed E-state index contributed by atoms with van der Waals surface area (Å²) in [5, 5.41) is 0. The first kappa shape index (κ1) is 26.6. The molecule has 34 valence electrons. The Labute approximate surface area is 75.0 Å². The zero-order valence-corrected chi connectivity index (χ0v) is 5.44. The predicted molar refractivity (Wildman–Crippen MR) is 25.1 cm³/mol. The van der Waals surface area contributed by atoms with E-state index in [9.17, 15) is 0 Å². The Hall–Kier alpha value is 2.31. The van der Waals surface area contributed by atoms with E-state index in [-0.39, 0.29) is 52.4 Å². The van der Waals surface area contributed by atoms with Crippen LogP contribution in [0.25, 0.3) is 0 Å². The van der Waals surface area contributed by atoms with Crippen molar-refractivity contribution in [2.45, 2.75) is 0 Å². The van der Waals surface area contributed by atoms with E-state index < -0.39 is 0 Å². The molecule has 0 aliphatic heterocycles. The van der Waals surface area contributed by atoms with Gasteiger partial charge < -0.3 is 0 Å². The normalized spacial score (nSPS) is 1.20. The van der Waals surface area contributed by atoms with E-state index in [0.717, 1.165) is 0 Å². The molecule has 0 N–H and O–H groups in total. The average molecular weight is 189 g/mol. The second-order valence-corrected chi connectivity index (χ2v) is 0. The van der Waals surface area contributed by atoms with Gasteiger partial charge in [0.25, 0.3) is 0 Å². The maximum Gasteiger partial charge on any atom is 0 e. The van der Waals surface area contributed by atoms with E-state index in [1.807, 2.05) is 0 Å². The van der Waals surface area contributed by atoms with Crippen LogP contribution < -0.4 is 0 Å². The van der Waals surface area contributed by atoms with Gasteiger partial charge in [0, 0.05) is 33.6 Å². The molecule has 0 radical (unpaired) electrons. The monoisotopic (exact) mass is 188 g/mol. The van der Waals surface area contributed by atoms with Crippen LogP contribution in [-0.2, 0) is 33.6 Å². The van der Waals surface area contributed by atoms with Crippen molar-refractivity contribution in [1.29, 1.82) is 0 Å². The fourth-order valence-corrected chi connectivity index (χ4v) is 0. The Kier molecular flexibility index (Phi) is 177. The molecule has 5 heteroatoms. The molecule has 0 aliphatic rings. The molecule has 0 aromatic carbocycles. The van der Waals surface area contributed by atoms with Crippen molar-refractivity contribution in [2.75, 3.05) is 0 Å². The number of thiol groups is 2. The summed E-state index contributed by atoms with van der Waals surface area (Å²) in [6.07, 6.45) is 0. The molecule has 5 heavy (non-hydrogen) atoms. The third kappa shape index (κ3) is 22.0. The van der Waals surface area contributed by atoms with Gasteiger partial charge in [-0.1, -0.05) is 0 Å². The number of hydrogen-bond acceptors (Lipinski definition) is 2. The molecule has 0 heterocycles. The molecule has 0 unspecified atom stereocenters. The molecule has 0 aromatic rings. The van der Waals surface area contributed by atoms with Crippen molar-refractivity contribution in [1.82, 2.24) is 0 Å². The Bertz CT molecular complexity index is 9.61. The summed E-state index contributed by atoms with van der Waals surface area (Å²) in [5.41, 5.74) is 0. The van der Waals surface area contributed by atoms with Gasteiger partial charge in [-0.2, -0.15) is 0 Å². The molecule has 0 rings (SSSR count). The Morgan fingerprint density at radius 2 is 1.00 bits per heavy atom. The van der Waals surface area contributed by atoms with Crippen LogP contribution in [0.5, 0.6) is 0 Å². The van der Waals surface area contributed by atoms with Crippen LogP contribution in [0.4, 0.5) is 0 Å². The zero-order chi connectivity index (χ0) is 2.00. The second-order valence-electron chi connectivity index (χ2n) is 0. The largest absolute Gasteiger partial charge is 0 e. The first-order valence-electron chi connectivity index (χ1n) is 0.200. The first-order valence-corrected chi connectivity index (χ1v) is 1.80. The van der Waals surface area contributed by atoms with Crippen LogP contribution in [0.15, 0.2) is 0 Å². The summed E-state index contributed by atoms with van der Waals surface area (Å²) in [7, 11) is 0. The summed E-state index contributed by atoms with van der Waals surface area (Å²) in [6.45, 7) is 0. The molecule has 0 spiro atoms. The molecule has 0 saturated carbocycles. The summed E-state index contributed by atoms with van der Waals surface area (Å²) in [6, 6.07) is 0. The zero-order valence-electron chi connectivity index (χ0n) is 1.56. The van der Waals surface area contributed by atoms with Crippen molar-refractivity contribution in [2.24, 2.45) is 0 Å². The molecule has 0 nitrogen and oxygen atoms in total. The Morgan fingerprint density at radius 3 is 1.00 bits per heavy atom. The average Bonchev–Trinajstić information content (AvgIpc) is 1.00. The van der Waals surface area contributed by atoms with Crippen molar-refractivity contribution < 1.29 is 33.6 Å². The summed E-state index contributed by atoms with van der Waals surface area (Å²) in [4.78, 5) is 0. The quantitative estimate of drug-likeness (QED) is 0.301. The molecular formula is H3FeLiNiS2. The fourth-order valence-electron chi connectivity index (χ4n) is 0. The first-order chi connectivity index (χ1) is 1.00. The van der Waals surface area contributed by atoms with Gasteiger partial charge in [0.05, 0.1) is 0 Å². The third-order valence-corrected chi connectivity index (χ3v) is 0. The number of rotatable bonds is 0. The maximum absolute atomic E-state index is 3.22. The molecule has 0 amide bonds. The minimum Gasteiger partial charge on any atom is 0 e. The van der Waals surface area contributed by atoms with Gasteiger partial charge in [-0.3, -0.25) is 0 Å². The fraction of sp³-hybridized carbons (Fsp3) is 0. The van der Waals surface area contributed by atoms with E-state index in [1.165, 1.54) is 0 Å². The van der Waals surface area contributed by atoms with E-state index >= 15 is 0 Å². The smallest absolute Gasteiger partial charge is 0 e. The van der Waals surface area contributed by atoms with Crippen LogP contribution in [0, 0.1) is 0 Å². The molecule has 0 fully saturated rings. The standard InChI is InChI=1S/Fe.Li.Ni.H2S2.H/c;;;1-2;/h;;;1-2H;. The topological polar surface area (TPSA) is 0 Å². The minimum atomic E-state index is 0. The Balaban J connectivity index is -0.00000000167. The van der Waals surface area contributed by atoms with Gasteiger partial charge in [0.1, 0.15) is 0 Å². The van der Waals surface area contributed by atoms with Crippen molar-refractivity contribution in [3.8, 4) is 0 Å². The van der Waals surface area contributed by atoms with E-state index in [2.05, 4.69) is 23.3 Å². The van der Waals surface area contributed by atoms with Crippen LogP contribution in [0.2, 0.25) is 0 Å². The molecule has 0 atom stereocenters. The summed E-state index contributed by atoms with van der Waals surface area (Å²) in [5.74, 6) is 0. The summed E-state index contributed by atoms with van der Waals surface area (Å²) >= 11 is 6.44. The number of hydrogen-bond donors (Lipinski definition) is 2. The van der Waals surface area contributed by atoms with Crippen molar-refractivity contribution in [3.05, 3.63) is 0 Å². The molecule has 0 bridgehead atoms.